The molecule has 0 unspecified atom stereocenters. The number of ether oxygens (including phenoxy) is 3. The second-order valence-corrected chi connectivity index (χ2v) is 6.87. The van der Waals surface area contributed by atoms with Crippen LogP contribution in [0.4, 0.5) is 11.6 Å². The van der Waals surface area contributed by atoms with Gasteiger partial charge in [-0.15, -0.1) is 0 Å². The number of aromatic nitrogens is 4. The molecule has 0 aliphatic rings. The lowest BCUT2D eigenvalue weighted by Crippen LogP contribution is -2.04. The topological polar surface area (TPSA) is 83.3 Å². The van der Waals surface area contributed by atoms with E-state index >= 15 is 0 Å². The van der Waals surface area contributed by atoms with E-state index in [-0.39, 0.29) is 0 Å². The van der Waals surface area contributed by atoms with Crippen LogP contribution in [-0.4, -0.2) is 41.1 Å². The third-order valence-corrected chi connectivity index (χ3v) is 4.78. The smallest absolute Gasteiger partial charge is 0.229 e. The van der Waals surface area contributed by atoms with Gasteiger partial charge in [0.25, 0.3) is 0 Å². The van der Waals surface area contributed by atoms with E-state index in [4.69, 9.17) is 25.8 Å². The van der Waals surface area contributed by atoms with Gasteiger partial charge in [0.2, 0.25) is 11.7 Å². The molecule has 0 saturated heterocycles. The summed E-state index contributed by atoms with van der Waals surface area (Å²) in [5.41, 5.74) is 2.47. The van der Waals surface area contributed by atoms with Crippen molar-refractivity contribution in [1.82, 2.24) is 19.7 Å². The molecule has 0 atom stereocenters. The molecule has 8 nitrogen and oxygen atoms in total. The predicted molar refractivity (Wildman–Crippen MR) is 119 cm³/mol. The Labute approximate surface area is 184 Å². The quantitative estimate of drug-likeness (QED) is 0.446. The van der Waals surface area contributed by atoms with Gasteiger partial charge in [-0.3, -0.25) is 0 Å². The van der Waals surface area contributed by atoms with Gasteiger partial charge in [0, 0.05) is 46.9 Å². The first kappa shape index (κ1) is 20.5. The number of rotatable bonds is 7. The zero-order valence-electron chi connectivity index (χ0n) is 17.2. The molecule has 9 heteroatoms. The van der Waals surface area contributed by atoms with E-state index in [1.54, 1.807) is 50.4 Å². The molecular weight excluding hydrogens is 418 g/mol. The predicted octanol–water partition coefficient (Wildman–Crippen LogP) is 4.75. The van der Waals surface area contributed by atoms with E-state index in [1.165, 1.54) is 0 Å². The van der Waals surface area contributed by atoms with Crippen LogP contribution in [0, 0.1) is 0 Å². The highest BCUT2D eigenvalue weighted by Crippen LogP contribution is 2.40. The second kappa shape index (κ2) is 8.93. The highest BCUT2D eigenvalue weighted by molar-refractivity contribution is 6.30. The van der Waals surface area contributed by atoms with Crippen molar-refractivity contribution in [2.75, 3.05) is 26.6 Å². The molecule has 2 aromatic heterocycles. The molecular formula is C22H20ClN5O3. The Morgan fingerprint density at radius 1 is 0.903 bits per heavy atom. The van der Waals surface area contributed by atoms with Gasteiger partial charge in [-0.25, -0.2) is 9.67 Å². The van der Waals surface area contributed by atoms with Crippen LogP contribution in [0.15, 0.2) is 60.9 Å². The minimum Gasteiger partial charge on any atom is -0.493 e. The van der Waals surface area contributed by atoms with Crippen molar-refractivity contribution in [3.05, 3.63) is 65.9 Å². The number of hydrogen-bond donors (Lipinski definition) is 1. The molecule has 0 fully saturated rings. The van der Waals surface area contributed by atoms with E-state index in [0.29, 0.717) is 39.7 Å². The van der Waals surface area contributed by atoms with Gasteiger partial charge in [-0.1, -0.05) is 23.7 Å². The number of nitrogens with one attached hydrogen (secondary N) is 1. The summed E-state index contributed by atoms with van der Waals surface area (Å²) in [7, 11) is 4.69. The van der Waals surface area contributed by atoms with Crippen LogP contribution < -0.4 is 19.5 Å². The summed E-state index contributed by atoms with van der Waals surface area (Å²) < 4.78 is 17.8. The highest BCUT2D eigenvalue weighted by Gasteiger charge is 2.14. The molecule has 0 bridgehead atoms. The minimum absolute atomic E-state index is 0.398. The van der Waals surface area contributed by atoms with Crippen molar-refractivity contribution in [3.63, 3.8) is 0 Å². The minimum atomic E-state index is 0.398. The first-order valence-corrected chi connectivity index (χ1v) is 9.71. The Kier molecular flexibility index (Phi) is 5.90. The van der Waals surface area contributed by atoms with E-state index < -0.39 is 0 Å². The lowest BCUT2D eigenvalue weighted by molar-refractivity contribution is 0.324. The average molecular weight is 438 g/mol. The number of hydrogen-bond acceptors (Lipinski definition) is 7. The van der Waals surface area contributed by atoms with Crippen LogP contribution in [-0.2, 0) is 0 Å². The van der Waals surface area contributed by atoms with Crippen LogP contribution >= 0.6 is 11.6 Å². The zero-order valence-corrected chi connectivity index (χ0v) is 17.9. The Hall–Kier alpha value is -3.78. The standard InChI is InChI=1S/C22H20ClN5O3/c1-29-18-12-16(13-19(30-2)21(18)31-3)25-22-24-10-8-20(26-22)28-11-9-17(27-28)14-4-6-15(23)7-5-14/h4-13H,1-3H3,(H,24,25,26). The zero-order chi connectivity index (χ0) is 21.8. The van der Waals surface area contributed by atoms with Crippen molar-refractivity contribution in [2.45, 2.75) is 0 Å². The van der Waals surface area contributed by atoms with Crippen LogP contribution in [0.25, 0.3) is 17.1 Å². The van der Waals surface area contributed by atoms with E-state index in [2.05, 4.69) is 20.4 Å². The summed E-state index contributed by atoms with van der Waals surface area (Å²) in [5.74, 6) is 2.58. The van der Waals surface area contributed by atoms with E-state index in [1.807, 2.05) is 36.5 Å². The Morgan fingerprint density at radius 2 is 1.61 bits per heavy atom. The molecule has 0 saturated carbocycles. The third-order valence-electron chi connectivity index (χ3n) is 4.53. The molecule has 0 radical (unpaired) electrons. The van der Waals surface area contributed by atoms with Crippen LogP contribution in [0.3, 0.4) is 0 Å². The van der Waals surface area contributed by atoms with Crippen molar-refractivity contribution < 1.29 is 14.2 Å². The highest BCUT2D eigenvalue weighted by atomic mass is 35.5. The van der Waals surface area contributed by atoms with Gasteiger partial charge in [0.15, 0.2) is 17.3 Å². The van der Waals surface area contributed by atoms with Crippen molar-refractivity contribution in [1.29, 1.82) is 0 Å². The van der Waals surface area contributed by atoms with Crippen LogP contribution in [0.2, 0.25) is 5.02 Å². The molecule has 31 heavy (non-hydrogen) atoms. The van der Waals surface area contributed by atoms with Gasteiger partial charge < -0.3 is 19.5 Å². The summed E-state index contributed by atoms with van der Waals surface area (Å²) >= 11 is 5.97. The maximum absolute atomic E-state index is 5.97. The lowest BCUT2D eigenvalue weighted by atomic mass is 10.2. The summed E-state index contributed by atoms with van der Waals surface area (Å²) in [6.07, 6.45) is 3.50. The molecule has 158 valence electrons. The summed E-state index contributed by atoms with van der Waals surface area (Å²) in [5, 5.41) is 8.45. The van der Waals surface area contributed by atoms with E-state index in [9.17, 15) is 0 Å². The molecule has 0 aliphatic carbocycles. The molecule has 2 heterocycles. The third kappa shape index (κ3) is 4.39. The Morgan fingerprint density at radius 3 is 2.26 bits per heavy atom. The molecule has 1 N–H and O–H groups in total. The Balaban J connectivity index is 1.60. The molecule has 4 rings (SSSR count). The maximum Gasteiger partial charge on any atom is 0.229 e. The first-order chi connectivity index (χ1) is 15.1. The van der Waals surface area contributed by atoms with Gasteiger partial charge >= 0.3 is 0 Å². The van der Waals surface area contributed by atoms with E-state index in [0.717, 1.165) is 11.3 Å². The van der Waals surface area contributed by atoms with Crippen molar-refractivity contribution >= 4 is 23.2 Å². The normalized spacial score (nSPS) is 10.6. The number of benzene rings is 2. The summed E-state index contributed by atoms with van der Waals surface area (Å²) in [6.45, 7) is 0. The maximum atomic E-state index is 5.97. The Bertz CT molecular complexity index is 1170. The molecule has 0 spiro atoms. The number of nitrogens with zero attached hydrogens (tertiary/aromatic N) is 4. The number of halogens is 1. The number of methoxy groups -OCH3 is 3. The van der Waals surface area contributed by atoms with Crippen molar-refractivity contribution in [3.8, 4) is 34.3 Å². The lowest BCUT2D eigenvalue weighted by Gasteiger charge is -2.14. The summed E-state index contributed by atoms with van der Waals surface area (Å²) in [4.78, 5) is 8.85. The fraction of sp³-hybridized carbons (Fsp3) is 0.136. The SMILES string of the molecule is COc1cc(Nc2nccc(-n3ccc(-c4ccc(Cl)cc4)n3)n2)cc(OC)c1OC. The molecule has 0 aliphatic heterocycles. The fourth-order valence-corrected chi connectivity index (χ4v) is 3.17. The molecule has 2 aromatic carbocycles. The molecule has 0 amide bonds. The summed E-state index contributed by atoms with van der Waals surface area (Å²) in [6, 6.07) is 14.8. The average Bonchev–Trinajstić information content (AvgIpc) is 3.29. The van der Waals surface area contributed by atoms with Gasteiger partial charge in [-0.2, -0.15) is 10.1 Å². The van der Waals surface area contributed by atoms with Gasteiger partial charge in [0.05, 0.1) is 27.0 Å². The molecule has 4 aromatic rings. The second-order valence-electron chi connectivity index (χ2n) is 6.43. The fourth-order valence-electron chi connectivity index (χ4n) is 3.05. The largest absolute Gasteiger partial charge is 0.493 e. The van der Waals surface area contributed by atoms with Gasteiger partial charge in [0.1, 0.15) is 0 Å². The van der Waals surface area contributed by atoms with Crippen LogP contribution in [0.1, 0.15) is 0 Å². The van der Waals surface area contributed by atoms with Crippen LogP contribution in [0.5, 0.6) is 17.2 Å². The van der Waals surface area contributed by atoms with Gasteiger partial charge in [-0.05, 0) is 18.2 Å². The first-order valence-electron chi connectivity index (χ1n) is 9.33. The van der Waals surface area contributed by atoms with Crippen molar-refractivity contribution in [2.24, 2.45) is 0 Å². The monoisotopic (exact) mass is 437 g/mol. The number of anilines is 2.